The van der Waals surface area contributed by atoms with Crippen LogP contribution in [0, 0.1) is 0 Å². The number of benzene rings is 1. The third kappa shape index (κ3) is 3.90. The van der Waals surface area contributed by atoms with Crippen LogP contribution in [0.2, 0.25) is 0 Å². The smallest absolute Gasteiger partial charge is 0.275 e. The van der Waals surface area contributed by atoms with Gasteiger partial charge in [0.15, 0.2) is 12.3 Å². The zero-order valence-electron chi connectivity index (χ0n) is 12.8. The van der Waals surface area contributed by atoms with Crippen LogP contribution in [-0.4, -0.2) is 35.1 Å². The van der Waals surface area contributed by atoms with Crippen LogP contribution in [0.3, 0.4) is 0 Å². The van der Waals surface area contributed by atoms with Gasteiger partial charge in [0, 0.05) is 17.6 Å². The molecule has 2 aromatic rings. The maximum atomic E-state index is 12.2. The second kappa shape index (κ2) is 7.40. The predicted octanol–water partition coefficient (Wildman–Crippen LogP) is 3.97. The highest BCUT2D eigenvalue weighted by Crippen LogP contribution is 2.31. The van der Waals surface area contributed by atoms with Crippen molar-refractivity contribution in [2.45, 2.75) is 24.3 Å². The van der Waals surface area contributed by atoms with Gasteiger partial charge in [0.05, 0.1) is 4.90 Å². The Labute approximate surface area is 147 Å². The van der Waals surface area contributed by atoms with E-state index in [4.69, 9.17) is 9.15 Å². The molecule has 2 heterocycles. The third-order valence-corrected chi connectivity index (χ3v) is 4.89. The molecule has 122 valence electrons. The van der Waals surface area contributed by atoms with Gasteiger partial charge in [-0.1, -0.05) is 15.9 Å². The van der Waals surface area contributed by atoms with E-state index in [0.29, 0.717) is 11.6 Å². The van der Waals surface area contributed by atoms with E-state index in [9.17, 15) is 4.79 Å². The summed E-state index contributed by atoms with van der Waals surface area (Å²) >= 11 is 5.05. The number of carbonyl (C=O) groups excluding carboxylic acids is 1. The van der Waals surface area contributed by atoms with Gasteiger partial charge < -0.3 is 14.1 Å². The van der Waals surface area contributed by atoms with Crippen LogP contribution >= 0.6 is 27.7 Å². The molecule has 5 nitrogen and oxygen atoms in total. The lowest BCUT2D eigenvalue weighted by molar-refractivity contribution is 0.0787. The van der Waals surface area contributed by atoms with Crippen LogP contribution in [0.4, 0.5) is 0 Å². The number of ether oxygens (including phenoxy) is 1. The lowest BCUT2D eigenvalue weighted by Gasteiger charge is -2.12. The number of aromatic nitrogens is 1. The average Bonchev–Trinajstić information content (AvgIpc) is 3.24. The molecule has 1 saturated heterocycles. The van der Waals surface area contributed by atoms with Gasteiger partial charge >= 0.3 is 0 Å². The van der Waals surface area contributed by atoms with E-state index in [2.05, 4.69) is 20.9 Å². The normalized spacial score (nSPS) is 14.3. The summed E-state index contributed by atoms with van der Waals surface area (Å²) in [7, 11) is 0. The summed E-state index contributed by atoms with van der Waals surface area (Å²) in [6.07, 6.45) is 5.52. The standard InChI is InChI=1S/C16H17BrN2O3S/c1-23-14-8-11(17)4-5-13(14)21-10-15-18-12(9-22-15)16(20)19-6-2-3-7-19/h4-5,8-9H,2-3,6-7,10H2,1H3. The second-order valence-corrected chi connectivity index (χ2v) is 6.97. The number of hydrogen-bond acceptors (Lipinski definition) is 5. The molecular formula is C16H17BrN2O3S. The lowest BCUT2D eigenvalue weighted by Crippen LogP contribution is -2.27. The van der Waals surface area contributed by atoms with Crippen molar-refractivity contribution in [1.29, 1.82) is 0 Å². The summed E-state index contributed by atoms with van der Waals surface area (Å²) in [5, 5.41) is 0. The van der Waals surface area contributed by atoms with E-state index >= 15 is 0 Å². The summed E-state index contributed by atoms with van der Waals surface area (Å²) in [6, 6.07) is 5.82. The van der Waals surface area contributed by atoms with E-state index in [0.717, 1.165) is 41.0 Å². The van der Waals surface area contributed by atoms with Crippen molar-refractivity contribution in [2.75, 3.05) is 19.3 Å². The van der Waals surface area contributed by atoms with Gasteiger partial charge in [-0.3, -0.25) is 4.79 Å². The van der Waals surface area contributed by atoms with Crippen molar-refractivity contribution < 1.29 is 13.9 Å². The van der Waals surface area contributed by atoms with Gasteiger partial charge in [-0.05, 0) is 37.3 Å². The number of nitrogens with zero attached hydrogens (tertiary/aromatic N) is 2. The molecule has 0 N–H and O–H groups in total. The Morgan fingerprint density at radius 1 is 1.43 bits per heavy atom. The lowest BCUT2D eigenvalue weighted by atomic mass is 10.3. The largest absolute Gasteiger partial charge is 0.483 e. The molecule has 0 radical (unpaired) electrons. The molecule has 0 aliphatic carbocycles. The van der Waals surface area contributed by atoms with Gasteiger partial charge in [0.25, 0.3) is 5.91 Å². The fourth-order valence-electron chi connectivity index (χ4n) is 2.46. The minimum atomic E-state index is -0.0639. The monoisotopic (exact) mass is 396 g/mol. The van der Waals surface area contributed by atoms with Crippen LogP contribution in [0.25, 0.3) is 0 Å². The summed E-state index contributed by atoms with van der Waals surface area (Å²) < 4.78 is 12.1. The number of thioether (sulfide) groups is 1. The number of likely N-dealkylation sites (tertiary alicyclic amines) is 1. The zero-order valence-corrected chi connectivity index (χ0v) is 15.2. The van der Waals surface area contributed by atoms with Crippen molar-refractivity contribution in [3.8, 4) is 5.75 Å². The van der Waals surface area contributed by atoms with Gasteiger partial charge in [0.2, 0.25) is 5.89 Å². The summed E-state index contributed by atoms with van der Waals surface area (Å²) in [5.74, 6) is 1.11. The first-order chi connectivity index (χ1) is 11.2. The highest BCUT2D eigenvalue weighted by molar-refractivity contribution is 9.10. The molecule has 0 spiro atoms. The maximum Gasteiger partial charge on any atom is 0.275 e. The summed E-state index contributed by atoms with van der Waals surface area (Å²) in [4.78, 5) is 19.3. The van der Waals surface area contributed by atoms with E-state index in [1.807, 2.05) is 29.4 Å². The molecule has 23 heavy (non-hydrogen) atoms. The number of halogens is 1. The number of carbonyl (C=O) groups is 1. The molecule has 0 atom stereocenters. The molecule has 0 bridgehead atoms. The van der Waals surface area contributed by atoms with E-state index in [1.165, 1.54) is 6.26 Å². The van der Waals surface area contributed by atoms with Crippen molar-refractivity contribution >= 4 is 33.6 Å². The number of oxazole rings is 1. The highest BCUT2D eigenvalue weighted by atomic mass is 79.9. The van der Waals surface area contributed by atoms with Gasteiger partial charge in [-0.25, -0.2) is 4.98 Å². The fraction of sp³-hybridized carbons (Fsp3) is 0.375. The van der Waals surface area contributed by atoms with Crippen molar-refractivity contribution in [3.63, 3.8) is 0 Å². The minimum Gasteiger partial charge on any atom is -0.483 e. The van der Waals surface area contributed by atoms with Crippen LogP contribution in [-0.2, 0) is 6.61 Å². The fourth-order valence-corrected chi connectivity index (χ4v) is 3.54. The number of rotatable bonds is 5. The molecule has 0 saturated carbocycles. The zero-order chi connectivity index (χ0) is 16.2. The Morgan fingerprint density at radius 3 is 2.96 bits per heavy atom. The van der Waals surface area contributed by atoms with Gasteiger partial charge in [-0.15, -0.1) is 11.8 Å². The molecule has 0 unspecified atom stereocenters. The first kappa shape index (κ1) is 16.4. The highest BCUT2D eigenvalue weighted by Gasteiger charge is 2.22. The van der Waals surface area contributed by atoms with Gasteiger partial charge in [0.1, 0.15) is 12.0 Å². The summed E-state index contributed by atoms with van der Waals surface area (Å²) in [6.45, 7) is 1.80. The topological polar surface area (TPSA) is 55.6 Å². The average molecular weight is 397 g/mol. The predicted molar refractivity (Wildman–Crippen MR) is 91.9 cm³/mol. The Hall–Kier alpha value is -1.47. The molecule has 1 amide bonds. The third-order valence-electron chi connectivity index (χ3n) is 3.64. The van der Waals surface area contributed by atoms with E-state index in [-0.39, 0.29) is 12.5 Å². The Morgan fingerprint density at radius 2 is 2.22 bits per heavy atom. The minimum absolute atomic E-state index is 0.0639. The Kier molecular flexibility index (Phi) is 5.27. The molecular weight excluding hydrogens is 380 g/mol. The van der Waals surface area contributed by atoms with Crippen LogP contribution in [0.1, 0.15) is 29.2 Å². The Bertz CT molecular complexity index is 698. The SMILES string of the molecule is CSc1cc(Br)ccc1OCc1nc(C(=O)N2CCCC2)co1. The first-order valence-corrected chi connectivity index (χ1v) is 9.39. The summed E-state index contributed by atoms with van der Waals surface area (Å²) in [5.41, 5.74) is 0.353. The Balaban J connectivity index is 1.64. The number of hydrogen-bond donors (Lipinski definition) is 0. The molecule has 3 rings (SSSR count). The van der Waals surface area contributed by atoms with Gasteiger partial charge in [-0.2, -0.15) is 0 Å². The van der Waals surface area contributed by atoms with Crippen LogP contribution in [0.5, 0.6) is 5.75 Å². The quantitative estimate of drug-likeness (QED) is 0.715. The molecule has 1 aromatic heterocycles. The number of amides is 1. The van der Waals surface area contributed by atoms with E-state index in [1.54, 1.807) is 11.8 Å². The second-order valence-electron chi connectivity index (χ2n) is 5.21. The molecule has 1 fully saturated rings. The first-order valence-electron chi connectivity index (χ1n) is 7.37. The molecule has 1 aliphatic rings. The molecule has 1 aromatic carbocycles. The van der Waals surface area contributed by atoms with E-state index < -0.39 is 0 Å². The van der Waals surface area contributed by atoms with Crippen LogP contribution < -0.4 is 4.74 Å². The van der Waals surface area contributed by atoms with Crippen molar-refractivity contribution in [1.82, 2.24) is 9.88 Å². The van der Waals surface area contributed by atoms with Crippen LogP contribution in [0.15, 0.2) is 38.2 Å². The van der Waals surface area contributed by atoms with Crippen molar-refractivity contribution in [3.05, 3.63) is 40.5 Å². The molecule has 1 aliphatic heterocycles. The van der Waals surface area contributed by atoms with Crippen molar-refractivity contribution in [2.24, 2.45) is 0 Å². The maximum absolute atomic E-state index is 12.2. The molecule has 7 heteroatoms.